The van der Waals surface area contributed by atoms with Crippen LogP contribution < -0.4 is 0 Å². The summed E-state index contributed by atoms with van der Waals surface area (Å²) in [5, 5.41) is 1.94. The number of fused-ring (bicyclic) bond motifs is 1. The summed E-state index contributed by atoms with van der Waals surface area (Å²) in [6, 6.07) is 7.82. The molecule has 0 atom stereocenters. The van der Waals surface area contributed by atoms with E-state index in [-0.39, 0.29) is 0 Å². The summed E-state index contributed by atoms with van der Waals surface area (Å²) in [6.07, 6.45) is 2.86. The van der Waals surface area contributed by atoms with Gasteiger partial charge < -0.3 is 4.98 Å². The van der Waals surface area contributed by atoms with Gasteiger partial charge in [-0.15, -0.1) is 11.8 Å². The number of H-pyrrole nitrogens is 1. The third-order valence-electron chi connectivity index (χ3n) is 2.03. The number of rotatable bonds is 2. The molecule has 0 aliphatic rings. The van der Waals surface area contributed by atoms with Crippen LogP contribution in [0.25, 0.3) is 10.9 Å². The van der Waals surface area contributed by atoms with Crippen molar-refractivity contribution in [2.75, 3.05) is 6.26 Å². The molecule has 1 aromatic heterocycles. The molecule has 0 saturated heterocycles. The lowest BCUT2D eigenvalue weighted by Gasteiger charge is -1.89. The van der Waals surface area contributed by atoms with E-state index in [1.54, 1.807) is 11.8 Å². The molecule has 1 heterocycles. The van der Waals surface area contributed by atoms with E-state index in [2.05, 4.69) is 4.98 Å². The third kappa shape index (κ3) is 1.25. The zero-order valence-electron chi connectivity index (χ0n) is 7.20. The number of carbonyl (C=O) groups is 1. The van der Waals surface area contributed by atoms with Crippen molar-refractivity contribution in [2.24, 2.45) is 0 Å². The molecule has 0 aliphatic carbocycles. The Morgan fingerprint density at radius 3 is 2.85 bits per heavy atom. The van der Waals surface area contributed by atoms with Crippen LogP contribution in [0.2, 0.25) is 0 Å². The molecule has 2 aromatic rings. The van der Waals surface area contributed by atoms with E-state index in [9.17, 15) is 4.79 Å². The van der Waals surface area contributed by atoms with E-state index in [1.807, 2.05) is 30.5 Å². The standard InChI is InChI=1S/C10H9NOS/c1-13-10-8(6-12)7-4-2-3-5-9(7)11-10/h2-6,11H,1H3. The molecule has 2 nitrogen and oxygen atoms in total. The second kappa shape index (κ2) is 3.26. The first kappa shape index (κ1) is 8.38. The summed E-state index contributed by atoms with van der Waals surface area (Å²) in [6.45, 7) is 0. The van der Waals surface area contributed by atoms with Gasteiger partial charge in [-0.25, -0.2) is 0 Å². The van der Waals surface area contributed by atoms with Crippen molar-refractivity contribution in [3.05, 3.63) is 29.8 Å². The summed E-state index contributed by atoms with van der Waals surface area (Å²) in [5.74, 6) is 0. The predicted molar refractivity (Wildman–Crippen MR) is 55.5 cm³/mol. The summed E-state index contributed by atoms with van der Waals surface area (Å²) < 4.78 is 0. The average molecular weight is 191 g/mol. The van der Waals surface area contributed by atoms with Gasteiger partial charge in [-0.05, 0) is 12.3 Å². The molecule has 0 spiro atoms. The molecule has 0 fully saturated rings. The van der Waals surface area contributed by atoms with E-state index >= 15 is 0 Å². The molecule has 1 N–H and O–H groups in total. The Morgan fingerprint density at radius 2 is 2.15 bits per heavy atom. The minimum Gasteiger partial charge on any atom is -0.349 e. The summed E-state index contributed by atoms with van der Waals surface area (Å²) in [5.41, 5.74) is 1.79. The predicted octanol–water partition coefficient (Wildman–Crippen LogP) is 2.70. The van der Waals surface area contributed by atoms with Crippen molar-refractivity contribution in [1.29, 1.82) is 0 Å². The van der Waals surface area contributed by atoms with Crippen molar-refractivity contribution < 1.29 is 4.79 Å². The van der Waals surface area contributed by atoms with Gasteiger partial charge in [-0.1, -0.05) is 18.2 Å². The molecule has 0 aliphatic heterocycles. The number of hydrogen-bond acceptors (Lipinski definition) is 2. The molecule has 0 bridgehead atoms. The highest BCUT2D eigenvalue weighted by Crippen LogP contribution is 2.26. The number of carbonyl (C=O) groups excluding carboxylic acids is 1. The fourth-order valence-corrected chi connectivity index (χ4v) is 2.01. The molecule has 0 unspecified atom stereocenters. The van der Waals surface area contributed by atoms with E-state index in [4.69, 9.17) is 0 Å². The van der Waals surface area contributed by atoms with Gasteiger partial charge in [0.25, 0.3) is 0 Å². The van der Waals surface area contributed by atoms with Crippen LogP contribution in [0, 0.1) is 0 Å². The van der Waals surface area contributed by atoms with Crippen LogP contribution in [0.15, 0.2) is 29.3 Å². The first-order valence-corrected chi connectivity index (χ1v) is 5.19. The fraction of sp³-hybridized carbons (Fsp3) is 0.100. The van der Waals surface area contributed by atoms with Crippen LogP contribution in [-0.2, 0) is 0 Å². The monoisotopic (exact) mass is 191 g/mol. The zero-order valence-corrected chi connectivity index (χ0v) is 8.02. The highest BCUT2D eigenvalue weighted by Gasteiger charge is 2.08. The van der Waals surface area contributed by atoms with Gasteiger partial charge in [0.05, 0.1) is 10.6 Å². The fourth-order valence-electron chi connectivity index (χ4n) is 1.42. The van der Waals surface area contributed by atoms with Gasteiger partial charge in [0.15, 0.2) is 6.29 Å². The van der Waals surface area contributed by atoms with E-state index in [0.29, 0.717) is 0 Å². The molecular weight excluding hydrogens is 182 g/mol. The number of aromatic amines is 1. The zero-order chi connectivity index (χ0) is 9.26. The van der Waals surface area contributed by atoms with Gasteiger partial charge in [-0.3, -0.25) is 4.79 Å². The summed E-state index contributed by atoms with van der Waals surface area (Å²) >= 11 is 1.56. The quantitative estimate of drug-likeness (QED) is 0.584. The second-order valence-electron chi connectivity index (χ2n) is 2.74. The maximum Gasteiger partial charge on any atom is 0.153 e. The Balaban J connectivity index is 2.81. The number of nitrogens with one attached hydrogen (secondary N) is 1. The van der Waals surface area contributed by atoms with Crippen LogP contribution in [0.1, 0.15) is 10.4 Å². The second-order valence-corrected chi connectivity index (χ2v) is 3.55. The average Bonchev–Trinajstić information content (AvgIpc) is 2.55. The maximum absolute atomic E-state index is 10.8. The lowest BCUT2D eigenvalue weighted by molar-refractivity contribution is 0.112. The number of benzene rings is 1. The summed E-state index contributed by atoms with van der Waals surface area (Å²) in [4.78, 5) is 14.0. The highest BCUT2D eigenvalue weighted by molar-refractivity contribution is 7.98. The minimum absolute atomic E-state index is 0.767. The largest absolute Gasteiger partial charge is 0.349 e. The normalized spacial score (nSPS) is 10.5. The first-order chi connectivity index (χ1) is 6.36. The number of hydrogen-bond donors (Lipinski definition) is 1. The van der Waals surface area contributed by atoms with Gasteiger partial charge in [0.2, 0.25) is 0 Å². The van der Waals surface area contributed by atoms with Gasteiger partial charge in [0.1, 0.15) is 0 Å². The molecular formula is C10H9NOS. The van der Waals surface area contributed by atoms with Crippen molar-refractivity contribution >= 4 is 29.0 Å². The van der Waals surface area contributed by atoms with Crippen molar-refractivity contribution in [3.63, 3.8) is 0 Å². The molecule has 2 rings (SSSR count). The SMILES string of the molecule is CSc1[nH]c2ccccc2c1C=O. The third-order valence-corrected chi connectivity index (χ3v) is 2.76. The van der Waals surface area contributed by atoms with E-state index in [1.165, 1.54) is 0 Å². The molecule has 1 aromatic carbocycles. The van der Waals surface area contributed by atoms with Gasteiger partial charge >= 0.3 is 0 Å². The van der Waals surface area contributed by atoms with Gasteiger partial charge in [-0.2, -0.15) is 0 Å². The van der Waals surface area contributed by atoms with Crippen molar-refractivity contribution in [2.45, 2.75) is 5.03 Å². The number of para-hydroxylation sites is 1. The van der Waals surface area contributed by atoms with E-state index < -0.39 is 0 Å². The number of aromatic nitrogens is 1. The smallest absolute Gasteiger partial charge is 0.153 e. The highest BCUT2D eigenvalue weighted by atomic mass is 32.2. The van der Waals surface area contributed by atoms with Crippen molar-refractivity contribution in [3.8, 4) is 0 Å². The van der Waals surface area contributed by atoms with Crippen LogP contribution in [0.3, 0.4) is 0 Å². The number of aldehydes is 1. The first-order valence-electron chi connectivity index (χ1n) is 3.96. The minimum atomic E-state index is 0.767. The topological polar surface area (TPSA) is 32.9 Å². The molecule has 13 heavy (non-hydrogen) atoms. The molecule has 0 amide bonds. The van der Waals surface area contributed by atoms with Crippen LogP contribution >= 0.6 is 11.8 Å². The molecule has 0 radical (unpaired) electrons. The van der Waals surface area contributed by atoms with Crippen LogP contribution in [0.5, 0.6) is 0 Å². The van der Waals surface area contributed by atoms with Crippen molar-refractivity contribution in [1.82, 2.24) is 4.98 Å². The summed E-state index contributed by atoms with van der Waals surface area (Å²) in [7, 11) is 0. The lowest BCUT2D eigenvalue weighted by Crippen LogP contribution is -1.78. The molecule has 66 valence electrons. The maximum atomic E-state index is 10.8. The van der Waals surface area contributed by atoms with E-state index in [0.717, 1.165) is 27.8 Å². The lowest BCUT2D eigenvalue weighted by atomic mass is 10.2. The Labute approximate surface area is 80.3 Å². The Hall–Kier alpha value is -1.22. The Kier molecular flexibility index (Phi) is 2.10. The van der Waals surface area contributed by atoms with Gasteiger partial charge in [0, 0.05) is 10.9 Å². The number of thioether (sulfide) groups is 1. The van der Waals surface area contributed by atoms with Crippen LogP contribution in [-0.4, -0.2) is 17.5 Å². The molecule has 0 saturated carbocycles. The Morgan fingerprint density at radius 1 is 1.38 bits per heavy atom. The van der Waals surface area contributed by atoms with Crippen LogP contribution in [0.4, 0.5) is 0 Å². The molecule has 3 heteroatoms. The Bertz CT molecular complexity index is 447.